The largest absolute Gasteiger partial charge is 0.506 e. The molecule has 0 spiro atoms. The molecule has 33 heavy (non-hydrogen) atoms. The van der Waals surface area contributed by atoms with Crippen LogP contribution in [0.1, 0.15) is 15.9 Å². The van der Waals surface area contributed by atoms with Gasteiger partial charge in [0.2, 0.25) is 10.0 Å². The van der Waals surface area contributed by atoms with Crippen LogP contribution < -0.4 is 9.62 Å². The standard InChI is InChI=1S/C24H26N4O4S/c1-33(31,32)26-24(30)18-6-8-21(9-7-18)28-12-10-27(11-13-28)17-19-4-2-3-5-23(19)20-14-22(29)16-25-15-20/h2-9,14-16,29H,10-13,17H2,1H3,(H,26,30). The van der Waals surface area contributed by atoms with Gasteiger partial charge >= 0.3 is 0 Å². The maximum atomic E-state index is 12.0. The van der Waals surface area contributed by atoms with E-state index >= 15 is 0 Å². The van der Waals surface area contributed by atoms with Crippen LogP contribution in [0.3, 0.4) is 0 Å². The minimum absolute atomic E-state index is 0.149. The van der Waals surface area contributed by atoms with E-state index in [2.05, 4.69) is 20.9 Å². The Labute approximate surface area is 193 Å². The molecule has 8 nitrogen and oxygen atoms in total. The summed E-state index contributed by atoms with van der Waals surface area (Å²) in [5.74, 6) is -0.481. The molecule has 1 aromatic heterocycles. The average Bonchev–Trinajstić information content (AvgIpc) is 2.79. The van der Waals surface area contributed by atoms with Crippen molar-refractivity contribution in [2.75, 3.05) is 37.3 Å². The fourth-order valence-electron chi connectivity index (χ4n) is 3.97. The van der Waals surface area contributed by atoms with E-state index in [-0.39, 0.29) is 5.75 Å². The first-order valence-electron chi connectivity index (χ1n) is 10.6. The molecule has 9 heteroatoms. The van der Waals surface area contributed by atoms with Crippen LogP contribution in [0.5, 0.6) is 5.75 Å². The highest BCUT2D eigenvalue weighted by Crippen LogP contribution is 2.27. The summed E-state index contributed by atoms with van der Waals surface area (Å²) in [6.07, 6.45) is 4.14. The molecule has 2 aromatic carbocycles. The number of nitrogens with zero attached hydrogens (tertiary/aromatic N) is 3. The zero-order chi connectivity index (χ0) is 23.4. The Kier molecular flexibility index (Phi) is 6.62. The van der Waals surface area contributed by atoms with Gasteiger partial charge < -0.3 is 10.0 Å². The van der Waals surface area contributed by atoms with Gasteiger partial charge in [0.15, 0.2) is 0 Å². The molecular formula is C24H26N4O4S. The quantitative estimate of drug-likeness (QED) is 0.575. The second-order valence-corrected chi connectivity index (χ2v) is 9.85. The minimum Gasteiger partial charge on any atom is -0.506 e. The molecule has 1 aliphatic heterocycles. The molecule has 0 saturated carbocycles. The minimum atomic E-state index is -3.59. The van der Waals surface area contributed by atoms with Gasteiger partial charge in [-0.1, -0.05) is 24.3 Å². The average molecular weight is 467 g/mol. The van der Waals surface area contributed by atoms with Crippen LogP contribution in [0.15, 0.2) is 67.0 Å². The van der Waals surface area contributed by atoms with Crippen molar-refractivity contribution >= 4 is 21.6 Å². The Balaban J connectivity index is 1.38. The third-order valence-electron chi connectivity index (χ3n) is 5.59. The predicted octanol–water partition coefficient (Wildman–Crippen LogP) is 2.47. The van der Waals surface area contributed by atoms with Crippen LogP contribution >= 0.6 is 0 Å². The summed E-state index contributed by atoms with van der Waals surface area (Å²) >= 11 is 0. The van der Waals surface area contributed by atoms with Gasteiger partial charge in [-0.3, -0.25) is 14.7 Å². The molecule has 1 amide bonds. The van der Waals surface area contributed by atoms with Crippen molar-refractivity contribution in [3.63, 3.8) is 0 Å². The Bertz CT molecular complexity index is 1240. The smallest absolute Gasteiger partial charge is 0.264 e. The zero-order valence-corrected chi connectivity index (χ0v) is 19.1. The highest BCUT2D eigenvalue weighted by molar-refractivity contribution is 7.89. The van der Waals surface area contributed by atoms with Gasteiger partial charge in [-0.15, -0.1) is 0 Å². The molecule has 2 heterocycles. The second-order valence-electron chi connectivity index (χ2n) is 8.10. The number of aromatic nitrogens is 1. The summed E-state index contributed by atoms with van der Waals surface area (Å²) in [6.45, 7) is 4.23. The zero-order valence-electron chi connectivity index (χ0n) is 18.3. The number of nitrogens with one attached hydrogen (secondary N) is 1. The fraction of sp³-hybridized carbons (Fsp3) is 0.250. The topological polar surface area (TPSA) is 103 Å². The van der Waals surface area contributed by atoms with Crippen LogP contribution in [-0.4, -0.2) is 61.8 Å². The van der Waals surface area contributed by atoms with Gasteiger partial charge in [-0.25, -0.2) is 13.1 Å². The molecule has 2 N–H and O–H groups in total. The van der Waals surface area contributed by atoms with Gasteiger partial charge in [-0.05, 0) is 41.5 Å². The maximum absolute atomic E-state index is 12.0. The van der Waals surface area contributed by atoms with Crippen molar-refractivity contribution in [2.24, 2.45) is 0 Å². The first-order chi connectivity index (χ1) is 15.8. The van der Waals surface area contributed by atoms with E-state index in [0.717, 1.165) is 55.8 Å². The molecule has 0 radical (unpaired) electrons. The van der Waals surface area contributed by atoms with Gasteiger partial charge in [0.1, 0.15) is 5.75 Å². The number of amides is 1. The number of piperazine rings is 1. The molecule has 4 rings (SSSR count). The summed E-state index contributed by atoms with van der Waals surface area (Å²) in [7, 11) is -3.59. The molecule has 0 aliphatic carbocycles. The lowest BCUT2D eigenvalue weighted by molar-refractivity contribution is 0.0981. The number of aromatic hydroxyl groups is 1. The molecular weight excluding hydrogens is 440 g/mol. The summed E-state index contributed by atoms with van der Waals surface area (Å²) < 4.78 is 24.5. The monoisotopic (exact) mass is 466 g/mol. The number of pyridine rings is 1. The number of anilines is 1. The van der Waals surface area contributed by atoms with Crippen molar-refractivity contribution in [1.29, 1.82) is 0 Å². The van der Waals surface area contributed by atoms with Crippen molar-refractivity contribution in [3.05, 3.63) is 78.1 Å². The van der Waals surface area contributed by atoms with E-state index in [1.165, 1.54) is 11.8 Å². The van der Waals surface area contributed by atoms with Crippen molar-refractivity contribution in [1.82, 2.24) is 14.6 Å². The Hall–Kier alpha value is -3.43. The van der Waals surface area contributed by atoms with E-state index in [9.17, 15) is 18.3 Å². The van der Waals surface area contributed by atoms with Gasteiger partial charge in [0.05, 0.1) is 12.5 Å². The van der Waals surface area contributed by atoms with Crippen molar-refractivity contribution in [3.8, 4) is 16.9 Å². The number of benzene rings is 2. The Morgan fingerprint density at radius 1 is 1.03 bits per heavy atom. The van der Waals surface area contributed by atoms with Crippen molar-refractivity contribution in [2.45, 2.75) is 6.54 Å². The number of hydrogen-bond acceptors (Lipinski definition) is 7. The van der Waals surface area contributed by atoms with Crippen LogP contribution in [0.4, 0.5) is 5.69 Å². The highest BCUT2D eigenvalue weighted by atomic mass is 32.2. The molecule has 0 atom stereocenters. The summed E-state index contributed by atoms with van der Waals surface area (Å²) in [4.78, 5) is 20.7. The van der Waals surface area contributed by atoms with E-state index in [1.54, 1.807) is 24.4 Å². The van der Waals surface area contributed by atoms with E-state index < -0.39 is 15.9 Å². The van der Waals surface area contributed by atoms with E-state index in [0.29, 0.717) is 5.56 Å². The molecule has 1 fully saturated rings. The first-order valence-corrected chi connectivity index (χ1v) is 12.5. The Morgan fingerprint density at radius 2 is 1.73 bits per heavy atom. The highest BCUT2D eigenvalue weighted by Gasteiger charge is 2.19. The van der Waals surface area contributed by atoms with Crippen LogP contribution in [-0.2, 0) is 16.6 Å². The lowest BCUT2D eigenvalue weighted by atomic mass is 10.0. The number of sulfonamides is 1. The van der Waals surface area contributed by atoms with E-state index in [1.807, 2.05) is 35.1 Å². The number of hydrogen-bond donors (Lipinski definition) is 2. The lowest BCUT2D eigenvalue weighted by Gasteiger charge is -2.36. The predicted molar refractivity (Wildman–Crippen MR) is 128 cm³/mol. The van der Waals surface area contributed by atoms with Gasteiger partial charge in [-0.2, -0.15) is 0 Å². The normalized spacial score (nSPS) is 14.8. The molecule has 3 aromatic rings. The van der Waals surface area contributed by atoms with Crippen LogP contribution in [0, 0.1) is 0 Å². The Morgan fingerprint density at radius 3 is 2.39 bits per heavy atom. The molecule has 0 unspecified atom stereocenters. The summed E-state index contributed by atoms with van der Waals surface area (Å²) in [5.41, 5.74) is 4.44. The first kappa shape index (κ1) is 22.8. The number of carbonyl (C=O) groups excluding carboxylic acids is 1. The third-order valence-corrected chi connectivity index (χ3v) is 6.15. The van der Waals surface area contributed by atoms with E-state index in [4.69, 9.17) is 0 Å². The van der Waals surface area contributed by atoms with Crippen LogP contribution in [0.2, 0.25) is 0 Å². The molecule has 1 aliphatic rings. The van der Waals surface area contributed by atoms with Crippen molar-refractivity contribution < 1.29 is 18.3 Å². The lowest BCUT2D eigenvalue weighted by Crippen LogP contribution is -2.46. The summed E-state index contributed by atoms with van der Waals surface area (Å²) in [6, 6.07) is 16.9. The van der Waals surface area contributed by atoms with Crippen LogP contribution in [0.25, 0.3) is 11.1 Å². The van der Waals surface area contributed by atoms with Gasteiger partial charge in [0.25, 0.3) is 5.91 Å². The molecule has 172 valence electrons. The number of rotatable bonds is 6. The maximum Gasteiger partial charge on any atom is 0.264 e. The SMILES string of the molecule is CS(=O)(=O)NC(=O)c1ccc(N2CCN(Cc3ccccc3-c3cncc(O)c3)CC2)cc1. The summed E-state index contributed by atoms with van der Waals surface area (Å²) in [5, 5.41) is 9.79. The second kappa shape index (κ2) is 9.60. The fourth-order valence-corrected chi connectivity index (χ4v) is 4.43. The molecule has 1 saturated heterocycles. The molecule has 0 bridgehead atoms. The number of carbonyl (C=O) groups is 1. The van der Waals surface area contributed by atoms with Gasteiger partial charge in [0, 0.05) is 55.7 Å². The third kappa shape index (κ3) is 5.88.